The second-order valence-electron chi connectivity index (χ2n) is 5.56. The van der Waals surface area contributed by atoms with Gasteiger partial charge in [0.15, 0.2) is 0 Å². The molecule has 2 aliphatic rings. The van der Waals surface area contributed by atoms with E-state index in [0.29, 0.717) is 23.4 Å². The fourth-order valence-electron chi connectivity index (χ4n) is 3.33. The van der Waals surface area contributed by atoms with Crippen molar-refractivity contribution in [1.29, 1.82) is 0 Å². The lowest BCUT2D eigenvalue weighted by Gasteiger charge is -2.25. The van der Waals surface area contributed by atoms with Gasteiger partial charge in [0.2, 0.25) is 0 Å². The van der Waals surface area contributed by atoms with Gasteiger partial charge in [0.05, 0.1) is 11.0 Å². The minimum Gasteiger partial charge on any atom is -0.353 e. The number of pyridine rings is 1. The van der Waals surface area contributed by atoms with Gasteiger partial charge in [-0.3, -0.25) is 10.1 Å². The third-order valence-electron chi connectivity index (χ3n) is 4.49. The van der Waals surface area contributed by atoms with E-state index in [2.05, 4.69) is 22.1 Å². The summed E-state index contributed by atoms with van der Waals surface area (Å²) >= 11 is 0. The maximum atomic E-state index is 11.0. The summed E-state index contributed by atoms with van der Waals surface area (Å²) < 4.78 is 0. The van der Waals surface area contributed by atoms with Crippen molar-refractivity contribution in [3.8, 4) is 0 Å². The summed E-state index contributed by atoms with van der Waals surface area (Å²) in [5.41, 5.74) is 0.773. The Hall–Kier alpha value is -1.69. The maximum Gasteiger partial charge on any atom is 0.277 e. The Bertz CT molecular complexity index is 519. The number of nitrogens with one attached hydrogen (secondary N) is 1. The molecule has 1 aromatic heterocycles. The van der Waals surface area contributed by atoms with Crippen molar-refractivity contribution in [1.82, 2.24) is 10.3 Å². The van der Waals surface area contributed by atoms with Crippen LogP contribution < -0.4 is 10.2 Å². The lowest BCUT2D eigenvalue weighted by atomic mass is 9.95. The van der Waals surface area contributed by atoms with Crippen LogP contribution in [0.3, 0.4) is 0 Å². The molecule has 0 aromatic carbocycles. The molecule has 0 radical (unpaired) electrons. The minimum atomic E-state index is -0.330. The van der Waals surface area contributed by atoms with Gasteiger partial charge in [0, 0.05) is 37.4 Å². The number of aromatic nitrogens is 1. The maximum absolute atomic E-state index is 11.0. The number of anilines is 1. The van der Waals surface area contributed by atoms with Gasteiger partial charge in [-0.25, -0.2) is 4.98 Å². The Kier molecular flexibility index (Phi) is 2.89. The fourth-order valence-corrected chi connectivity index (χ4v) is 3.33. The van der Waals surface area contributed by atoms with Gasteiger partial charge in [-0.05, 0) is 25.7 Å². The first-order chi connectivity index (χ1) is 9.08. The molecule has 102 valence electrons. The van der Waals surface area contributed by atoms with Gasteiger partial charge in [-0.15, -0.1) is 0 Å². The highest BCUT2D eigenvalue weighted by atomic mass is 16.6. The zero-order chi connectivity index (χ0) is 13.6. The van der Waals surface area contributed by atoms with Crippen LogP contribution in [-0.2, 0) is 0 Å². The average Bonchev–Trinajstić information content (AvgIpc) is 2.93. The van der Waals surface area contributed by atoms with Crippen molar-refractivity contribution in [3.63, 3.8) is 0 Å². The average molecular weight is 262 g/mol. The summed E-state index contributed by atoms with van der Waals surface area (Å²) in [6, 6.07) is 2.00. The summed E-state index contributed by atoms with van der Waals surface area (Å²) in [6.07, 6.45) is 1.60. The number of hydrogen-bond acceptors (Lipinski definition) is 5. The Morgan fingerprint density at radius 2 is 2.32 bits per heavy atom. The molecule has 3 heterocycles. The first-order valence-electron chi connectivity index (χ1n) is 6.66. The second-order valence-corrected chi connectivity index (χ2v) is 5.56. The first kappa shape index (κ1) is 12.3. The normalized spacial score (nSPS) is 29.6. The van der Waals surface area contributed by atoms with Gasteiger partial charge in [0.25, 0.3) is 5.69 Å². The van der Waals surface area contributed by atoms with E-state index in [1.165, 1.54) is 0 Å². The third-order valence-corrected chi connectivity index (χ3v) is 4.49. The van der Waals surface area contributed by atoms with Gasteiger partial charge >= 0.3 is 0 Å². The van der Waals surface area contributed by atoms with Gasteiger partial charge < -0.3 is 10.2 Å². The standard InChI is InChI=1S/C13H18N4O2/c1-8-4-15-13(3-12(8)17(18)19)16-7-10-5-14-6-11(10)9(16)2/h3-4,9-11,14H,5-7H2,1-2H3. The molecule has 3 unspecified atom stereocenters. The minimum absolute atomic E-state index is 0.160. The zero-order valence-electron chi connectivity index (χ0n) is 11.2. The highest BCUT2D eigenvalue weighted by Crippen LogP contribution is 2.36. The molecule has 3 atom stereocenters. The molecule has 2 fully saturated rings. The number of rotatable bonds is 2. The van der Waals surface area contributed by atoms with Crippen LogP contribution in [0.25, 0.3) is 0 Å². The second kappa shape index (κ2) is 4.45. The van der Waals surface area contributed by atoms with E-state index in [4.69, 9.17) is 0 Å². The van der Waals surface area contributed by atoms with E-state index in [9.17, 15) is 10.1 Å². The van der Waals surface area contributed by atoms with E-state index in [-0.39, 0.29) is 10.6 Å². The molecule has 1 N–H and O–H groups in total. The van der Waals surface area contributed by atoms with Crippen LogP contribution in [0.15, 0.2) is 12.3 Å². The molecule has 0 spiro atoms. The van der Waals surface area contributed by atoms with Gasteiger partial charge in [-0.2, -0.15) is 0 Å². The molecular weight excluding hydrogens is 244 g/mol. The zero-order valence-corrected chi connectivity index (χ0v) is 11.2. The SMILES string of the molecule is Cc1cnc(N2CC3CNCC3C2C)cc1[N+](=O)[O-]. The van der Waals surface area contributed by atoms with Crippen LogP contribution in [0.2, 0.25) is 0 Å². The van der Waals surface area contributed by atoms with E-state index in [1.54, 1.807) is 19.2 Å². The Morgan fingerprint density at radius 3 is 3.00 bits per heavy atom. The number of fused-ring (bicyclic) bond motifs is 1. The van der Waals surface area contributed by atoms with Crippen molar-refractivity contribution < 1.29 is 4.92 Å². The predicted molar refractivity (Wildman–Crippen MR) is 72.3 cm³/mol. The monoisotopic (exact) mass is 262 g/mol. The summed E-state index contributed by atoms with van der Waals surface area (Å²) in [6.45, 7) is 6.92. The summed E-state index contributed by atoms with van der Waals surface area (Å²) in [5, 5.41) is 14.4. The number of nitro groups is 1. The molecular formula is C13H18N4O2. The van der Waals surface area contributed by atoms with Crippen molar-refractivity contribution in [3.05, 3.63) is 27.9 Å². The van der Waals surface area contributed by atoms with Crippen molar-refractivity contribution >= 4 is 11.5 Å². The van der Waals surface area contributed by atoms with Crippen LogP contribution >= 0.6 is 0 Å². The molecule has 2 aliphatic heterocycles. The number of aryl methyl sites for hydroxylation is 1. The third kappa shape index (κ3) is 1.96. The van der Waals surface area contributed by atoms with E-state index < -0.39 is 0 Å². The number of hydrogen-bond donors (Lipinski definition) is 1. The molecule has 19 heavy (non-hydrogen) atoms. The summed E-state index contributed by atoms with van der Waals surface area (Å²) in [4.78, 5) is 17.3. The molecule has 6 nitrogen and oxygen atoms in total. The largest absolute Gasteiger partial charge is 0.353 e. The van der Waals surface area contributed by atoms with Crippen LogP contribution in [0, 0.1) is 28.9 Å². The molecule has 0 amide bonds. The predicted octanol–water partition coefficient (Wildman–Crippen LogP) is 1.34. The lowest BCUT2D eigenvalue weighted by molar-refractivity contribution is -0.385. The van der Waals surface area contributed by atoms with E-state index >= 15 is 0 Å². The van der Waals surface area contributed by atoms with Crippen LogP contribution in [-0.4, -0.2) is 35.6 Å². The lowest BCUT2D eigenvalue weighted by Crippen LogP contribution is -2.33. The molecule has 0 aliphatic carbocycles. The Morgan fingerprint density at radius 1 is 1.53 bits per heavy atom. The van der Waals surface area contributed by atoms with Crippen molar-refractivity contribution in [2.24, 2.45) is 11.8 Å². The Balaban J connectivity index is 1.91. The quantitative estimate of drug-likeness (QED) is 0.643. The van der Waals surface area contributed by atoms with Crippen LogP contribution in [0.5, 0.6) is 0 Å². The topological polar surface area (TPSA) is 71.3 Å². The summed E-state index contributed by atoms with van der Waals surface area (Å²) in [5.74, 6) is 2.00. The first-order valence-corrected chi connectivity index (χ1v) is 6.66. The highest BCUT2D eigenvalue weighted by molar-refractivity contribution is 5.52. The van der Waals surface area contributed by atoms with Crippen LogP contribution in [0.4, 0.5) is 11.5 Å². The molecule has 2 saturated heterocycles. The van der Waals surface area contributed by atoms with Gasteiger partial charge in [-0.1, -0.05) is 0 Å². The molecule has 0 bridgehead atoms. The number of nitrogens with zero attached hydrogens (tertiary/aromatic N) is 3. The van der Waals surface area contributed by atoms with E-state index in [1.807, 2.05) is 0 Å². The molecule has 0 saturated carbocycles. The van der Waals surface area contributed by atoms with E-state index in [0.717, 1.165) is 25.5 Å². The van der Waals surface area contributed by atoms with Crippen molar-refractivity contribution in [2.45, 2.75) is 19.9 Å². The fraction of sp³-hybridized carbons (Fsp3) is 0.615. The molecule has 3 rings (SSSR count). The molecule has 6 heteroatoms. The molecule has 1 aromatic rings. The Labute approximate surface area is 112 Å². The highest BCUT2D eigenvalue weighted by Gasteiger charge is 2.42. The van der Waals surface area contributed by atoms with Crippen LogP contribution in [0.1, 0.15) is 12.5 Å². The summed E-state index contributed by atoms with van der Waals surface area (Å²) in [7, 11) is 0. The smallest absolute Gasteiger partial charge is 0.277 e. The van der Waals surface area contributed by atoms with Gasteiger partial charge in [0.1, 0.15) is 5.82 Å². The van der Waals surface area contributed by atoms with Crippen molar-refractivity contribution in [2.75, 3.05) is 24.5 Å².